The van der Waals surface area contributed by atoms with Crippen LogP contribution in [0.15, 0.2) is 35.7 Å². The van der Waals surface area contributed by atoms with Crippen LogP contribution in [0.25, 0.3) is 10.4 Å². The number of thiophene rings is 1. The van der Waals surface area contributed by atoms with E-state index in [4.69, 9.17) is 4.74 Å². The summed E-state index contributed by atoms with van der Waals surface area (Å²) >= 11 is 1.51. The summed E-state index contributed by atoms with van der Waals surface area (Å²) < 4.78 is 19.5. The largest absolute Gasteiger partial charge is 0.446 e. The van der Waals surface area contributed by atoms with Crippen molar-refractivity contribution in [1.82, 2.24) is 0 Å². The molecule has 3 rings (SSSR count). The molecule has 1 heterocycles. The fourth-order valence-electron chi connectivity index (χ4n) is 3.94. The predicted octanol–water partition coefficient (Wildman–Crippen LogP) is 7.10. The molecule has 0 saturated heterocycles. The normalized spacial score (nSPS) is 22.9. The molecule has 3 nitrogen and oxygen atoms in total. The monoisotopic (exact) mass is 389 g/mol. The molecule has 1 unspecified atom stereocenters. The zero-order chi connectivity index (χ0) is 19.2. The Morgan fingerprint density at radius 2 is 1.89 bits per heavy atom. The van der Waals surface area contributed by atoms with Crippen molar-refractivity contribution in [2.24, 2.45) is 11.8 Å². The summed E-state index contributed by atoms with van der Waals surface area (Å²) in [5.41, 5.74) is 1.26. The van der Waals surface area contributed by atoms with Crippen LogP contribution in [0.1, 0.15) is 52.4 Å². The van der Waals surface area contributed by atoms with Gasteiger partial charge in [-0.05, 0) is 54.3 Å². The SMILES string of the molecule is CC[C@@H]1CC[C@H](CC)CC(OC(=O)Nc2ccc(F)cc2-c2cccs2)C1. The summed E-state index contributed by atoms with van der Waals surface area (Å²) in [4.78, 5) is 13.5. The number of rotatable bonds is 5. The summed E-state index contributed by atoms with van der Waals surface area (Å²) in [5, 5.41) is 4.77. The molecular weight excluding hydrogens is 361 g/mol. The topological polar surface area (TPSA) is 38.3 Å². The van der Waals surface area contributed by atoms with Crippen LogP contribution >= 0.6 is 11.3 Å². The Morgan fingerprint density at radius 3 is 2.48 bits per heavy atom. The number of carbonyl (C=O) groups is 1. The number of carbonyl (C=O) groups excluding carboxylic acids is 1. The van der Waals surface area contributed by atoms with Crippen LogP contribution in [0.5, 0.6) is 0 Å². The molecule has 0 bridgehead atoms. The molecule has 27 heavy (non-hydrogen) atoms. The zero-order valence-electron chi connectivity index (χ0n) is 16.0. The zero-order valence-corrected chi connectivity index (χ0v) is 16.9. The lowest BCUT2D eigenvalue weighted by Gasteiger charge is -2.21. The number of ether oxygens (including phenoxy) is 1. The Labute approximate surface area is 164 Å². The van der Waals surface area contributed by atoms with E-state index in [1.54, 1.807) is 6.07 Å². The fraction of sp³-hybridized carbons (Fsp3) is 0.500. The van der Waals surface area contributed by atoms with Gasteiger partial charge in [0.15, 0.2) is 0 Å². The van der Waals surface area contributed by atoms with Crippen LogP contribution < -0.4 is 5.32 Å². The Morgan fingerprint density at radius 1 is 1.19 bits per heavy atom. The van der Waals surface area contributed by atoms with E-state index in [1.807, 2.05) is 17.5 Å². The third kappa shape index (κ3) is 5.32. The summed E-state index contributed by atoms with van der Waals surface area (Å²) in [6.45, 7) is 4.42. The summed E-state index contributed by atoms with van der Waals surface area (Å²) in [6.07, 6.45) is 6.05. The molecule has 1 N–H and O–H groups in total. The van der Waals surface area contributed by atoms with Gasteiger partial charge in [0.05, 0.1) is 5.69 Å². The lowest BCUT2D eigenvalue weighted by atomic mass is 9.95. The van der Waals surface area contributed by atoms with Crippen LogP contribution in [-0.2, 0) is 4.74 Å². The average molecular weight is 390 g/mol. The van der Waals surface area contributed by atoms with Crippen LogP contribution in [-0.4, -0.2) is 12.2 Å². The van der Waals surface area contributed by atoms with Gasteiger partial charge in [0.2, 0.25) is 0 Å². The van der Waals surface area contributed by atoms with Crippen LogP contribution in [0, 0.1) is 17.7 Å². The van der Waals surface area contributed by atoms with Gasteiger partial charge in [0.25, 0.3) is 0 Å². The third-order valence-corrected chi connectivity index (χ3v) is 6.51. The van der Waals surface area contributed by atoms with Gasteiger partial charge in [-0.15, -0.1) is 11.3 Å². The van der Waals surface area contributed by atoms with Gasteiger partial charge in [-0.3, -0.25) is 5.32 Å². The minimum atomic E-state index is -0.448. The van der Waals surface area contributed by atoms with Crippen molar-refractivity contribution in [2.75, 3.05) is 5.32 Å². The summed E-state index contributed by atoms with van der Waals surface area (Å²) in [5.74, 6) is 0.913. The Kier molecular flexibility index (Phi) is 6.89. The van der Waals surface area contributed by atoms with E-state index in [9.17, 15) is 9.18 Å². The molecule has 1 aromatic carbocycles. The van der Waals surface area contributed by atoms with Crippen molar-refractivity contribution in [2.45, 2.75) is 58.5 Å². The molecule has 1 aliphatic rings. The molecule has 1 amide bonds. The van der Waals surface area contributed by atoms with E-state index in [0.29, 0.717) is 23.1 Å². The fourth-order valence-corrected chi connectivity index (χ4v) is 4.69. The maximum Gasteiger partial charge on any atom is 0.411 e. The number of amides is 1. The van der Waals surface area contributed by atoms with Crippen molar-refractivity contribution >= 4 is 23.1 Å². The molecule has 0 radical (unpaired) electrons. The average Bonchev–Trinajstić information content (AvgIpc) is 3.11. The minimum absolute atomic E-state index is 0.0481. The molecule has 1 saturated carbocycles. The second-order valence-corrected chi connectivity index (χ2v) is 8.36. The maximum atomic E-state index is 13.7. The smallest absolute Gasteiger partial charge is 0.411 e. The van der Waals surface area contributed by atoms with Crippen LogP contribution in [0.4, 0.5) is 14.9 Å². The Hall–Kier alpha value is -1.88. The predicted molar refractivity (Wildman–Crippen MR) is 110 cm³/mol. The first-order valence-electron chi connectivity index (χ1n) is 9.90. The van der Waals surface area contributed by atoms with Crippen molar-refractivity contribution in [1.29, 1.82) is 0 Å². The van der Waals surface area contributed by atoms with Crippen molar-refractivity contribution in [3.63, 3.8) is 0 Å². The minimum Gasteiger partial charge on any atom is -0.446 e. The lowest BCUT2D eigenvalue weighted by Crippen LogP contribution is -2.25. The first-order chi connectivity index (χ1) is 13.1. The number of hydrogen-bond donors (Lipinski definition) is 1. The molecule has 3 atom stereocenters. The van der Waals surface area contributed by atoms with Gasteiger partial charge >= 0.3 is 6.09 Å². The Balaban J connectivity index is 1.70. The second-order valence-electron chi connectivity index (χ2n) is 7.42. The van der Waals surface area contributed by atoms with Gasteiger partial charge in [0, 0.05) is 10.4 Å². The highest BCUT2D eigenvalue weighted by molar-refractivity contribution is 7.13. The number of hydrogen-bond acceptors (Lipinski definition) is 3. The molecule has 0 aliphatic heterocycles. The third-order valence-electron chi connectivity index (χ3n) is 5.61. The van der Waals surface area contributed by atoms with Crippen molar-refractivity contribution in [3.8, 4) is 10.4 Å². The second kappa shape index (κ2) is 9.36. The highest BCUT2D eigenvalue weighted by Crippen LogP contribution is 2.34. The molecule has 1 fully saturated rings. The summed E-state index contributed by atoms with van der Waals surface area (Å²) in [7, 11) is 0. The quantitative estimate of drug-likeness (QED) is 0.554. The van der Waals surface area contributed by atoms with Crippen LogP contribution in [0.3, 0.4) is 0 Å². The maximum absolute atomic E-state index is 13.7. The van der Waals surface area contributed by atoms with E-state index >= 15 is 0 Å². The number of anilines is 1. The molecule has 1 aromatic heterocycles. The molecule has 2 aromatic rings. The number of benzene rings is 1. The van der Waals surface area contributed by atoms with Gasteiger partial charge in [0.1, 0.15) is 11.9 Å². The van der Waals surface area contributed by atoms with Crippen LogP contribution in [0.2, 0.25) is 0 Å². The van der Waals surface area contributed by atoms with Crippen molar-refractivity contribution in [3.05, 3.63) is 41.5 Å². The van der Waals surface area contributed by atoms with Gasteiger partial charge in [-0.25, -0.2) is 9.18 Å². The van der Waals surface area contributed by atoms with E-state index in [0.717, 1.165) is 30.6 Å². The molecule has 146 valence electrons. The highest BCUT2D eigenvalue weighted by Gasteiger charge is 2.27. The van der Waals surface area contributed by atoms with Gasteiger partial charge in [-0.1, -0.05) is 45.6 Å². The van der Waals surface area contributed by atoms with E-state index in [1.165, 1.54) is 36.3 Å². The highest BCUT2D eigenvalue weighted by atomic mass is 32.1. The lowest BCUT2D eigenvalue weighted by molar-refractivity contribution is 0.0852. The molecular formula is C22H28FNO2S. The molecule has 5 heteroatoms. The Bertz CT molecular complexity index is 733. The van der Waals surface area contributed by atoms with Gasteiger partial charge in [-0.2, -0.15) is 0 Å². The van der Waals surface area contributed by atoms with E-state index in [-0.39, 0.29) is 11.9 Å². The van der Waals surface area contributed by atoms with Crippen molar-refractivity contribution < 1.29 is 13.9 Å². The number of halogens is 1. The van der Waals surface area contributed by atoms with E-state index in [2.05, 4.69) is 19.2 Å². The standard InChI is InChI=1S/C22H28FNO2S/c1-3-15-7-8-16(4-2)13-18(12-15)26-22(25)24-20-10-9-17(23)14-19(20)21-6-5-11-27-21/h5-6,9-11,14-16,18H,3-4,7-8,12-13H2,1-2H3,(H,24,25)/t15-,16+,18?. The first kappa shape index (κ1) is 19.9. The van der Waals surface area contributed by atoms with Gasteiger partial charge < -0.3 is 4.74 Å². The molecule has 0 spiro atoms. The first-order valence-corrected chi connectivity index (χ1v) is 10.8. The van der Waals surface area contributed by atoms with E-state index < -0.39 is 6.09 Å². The molecule has 1 aliphatic carbocycles. The number of nitrogens with one attached hydrogen (secondary N) is 1. The summed E-state index contributed by atoms with van der Waals surface area (Å²) in [6, 6.07) is 8.24.